The van der Waals surface area contributed by atoms with Gasteiger partial charge in [-0.15, -0.1) is 0 Å². The molecule has 1 aliphatic rings. The highest BCUT2D eigenvalue weighted by Crippen LogP contribution is 2.20. The third-order valence-corrected chi connectivity index (χ3v) is 3.66. The van der Waals surface area contributed by atoms with E-state index >= 15 is 0 Å². The Labute approximate surface area is 125 Å². The Hall–Kier alpha value is -2.36. The minimum Gasteiger partial charge on any atom is -0.481 e. The van der Waals surface area contributed by atoms with Gasteiger partial charge in [-0.2, -0.15) is 0 Å². The molecule has 1 aromatic heterocycles. The number of aromatic nitrogens is 1. The first-order valence-corrected chi connectivity index (χ1v) is 7.24. The van der Waals surface area contributed by atoms with Gasteiger partial charge in [-0.1, -0.05) is 12.1 Å². The molecule has 0 N–H and O–H groups in total. The largest absolute Gasteiger partial charge is 0.481 e. The number of anilines is 1. The van der Waals surface area contributed by atoms with Crippen molar-refractivity contribution >= 4 is 17.6 Å². The van der Waals surface area contributed by atoms with Crippen molar-refractivity contribution < 1.29 is 4.74 Å². The minimum absolute atomic E-state index is 0.601. The van der Waals surface area contributed by atoms with E-state index in [-0.39, 0.29) is 0 Å². The SMILES string of the molecule is COc1ccc(N=Cc2ccc(N3CCCC3)cc2)cn1. The Kier molecular flexibility index (Phi) is 4.15. The summed E-state index contributed by atoms with van der Waals surface area (Å²) < 4.78 is 5.03. The van der Waals surface area contributed by atoms with Crippen molar-refractivity contribution in [3.63, 3.8) is 0 Å². The lowest BCUT2D eigenvalue weighted by atomic mass is 10.2. The van der Waals surface area contributed by atoms with E-state index in [0.717, 1.165) is 11.3 Å². The normalized spacial score (nSPS) is 14.8. The molecule has 0 spiro atoms. The predicted octanol–water partition coefficient (Wildman–Crippen LogP) is 3.44. The first-order valence-electron chi connectivity index (χ1n) is 7.24. The van der Waals surface area contributed by atoms with Gasteiger partial charge in [0.05, 0.1) is 19.0 Å². The summed E-state index contributed by atoms with van der Waals surface area (Å²) in [5.74, 6) is 0.601. The summed E-state index contributed by atoms with van der Waals surface area (Å²) in [4.78, 5) is 11.0. The molecular formula is C17H19N3O. The fourth-order valence-corrected chi connectivity index (χ4v) is 2.47. The van der Waals surface area contributed by atoms with Gasteiger partial charge in [0.25, 0.3) is 0 Å². The van der Waals surface area contributed by atoms with Crippen LogP contribution in [0, 0.1) is 0 Å². The van der Waals surface area contributed by atoms with E-state index < -0.39 is 0 Å². The lowest BCUT2D eigenvalue weighted by Gasteiger charge is -2.17. The fourth-order valence-electron chi connectivity index (χ4n) is 2.47. The van der Waals surface area contributed by atoms with E-state index in [0.29, 0.717) is 5.88 Å². The number of pyridine rings is 1. The maximum Gasteiger partial charge on any atom is 0.213 e. The topological polar surface area (TPSA) is 37.7 Å². The van der Waals surface area contributed by atoms with Crippen LogP contribution in [0.1, 0.15) is 18.4 Å². The summed E-state index contributed by atoms with van der Waals surface area (Å²) >= 11 is 0. The molecule has 2 aromatic rings. The van der Waals surface area contributed by atoms with Crippen LogP contribution in [0.3, 0.4) is 0 Å². The van der Waals surface area contributed by atoms with Gasteiger partial charge in [0.2, 0.25) is 5.88 Å². The minimum atomic E-state index is 0.601. The van der Waals surface area contributed by atoms with Crippen LogP contribution < -0.4 is 9.64 Å². The van der Waals surface area contributed by atoms with Crippen molar-refractivity contribution in [1.29, 1.82) is 0 Å². The summed E-state index contributed by atoms with van der Waals surface area (Å²) in [5.41, 5.74) is 3.21. The number of rotatable bonds is 4. The monoisotopic (exact) mass is 281 g/mol. The number of ether oxygens (including phenoxy) is 1. The van der Waals surface area contributed by atoms with Crippen molar-refractivity contribution in [3.05, 3.63) is 48.2 Å². The first-order chi connectivity index (χ1) is 10.3. The Morgan fingerprint density at radius 2 is 1.86 bits per heavy atom. The van der Waals surface area contributed by atoms with Crippen LogP contribution in [0.4, 0.5) is 11.4 Å². The van der Waals surface area contributed by atoms with E-state index in [2.05, 4.69) is 39.1 Å². The summed E-state index contributed by atoms with van der Waals surface area (Å²) in [6, 6.07) is 12.2. The van der Waals surface area contributed by atoms with Crippen molar-refractivity contribution in [2.24, 2.45) is 4.99 Å². The van der Waals surface area contributed by atoms with E-state index in [4.69, 9.17) is 4.74 Å². The number of methoxy groups -OCH3 is 1. The zero-order valence-corrected chi connectivity index (χ0v) is 12.2. The maximum absolute atomic E-state index is 5.03. The van der Waals surface area contributed by atoms with Crippen LogP contribution in [0.25, 0.3) is 0 Å². The Morgan fingerprint density at radius 1 is 1.10 bits per heavy atom. The average Bonchev–Trinajstić information content (AvgIpc) is 3.08. The molecule has 0 saturated carbocycles. The Morgan fingerprint density at radius 3 is 2.48 bits per heavy atom. The lowest BCUT2D eigenvalue weighted by Crippen LogP contribution is -2.17. The molecule has 21 heavy (non-hydrogen) atoms. The van der Waals surface area contributed by atoms with E-state index in [9.17, 15) is 0 Å². The van der Waals surface area contributed by atoms with Gasteiger partial charge in [0.15, 0.2) is 0 Å². The molecule has 3 rings (SSSR count). The summed E-state index contributed by atoms with van der Waals surface area (Å²) in [5, 5.41) is 0. The summed E-state index contributed by atoms with van der Waals surface area (Å²) in [6.45, 7) is 2.34. The molecule has 0 atom stereocenters. The molecular weight excluding hydrogens is 262 g/mol. The van der Waals surface area contributed by atoms with Gasteiger partial charge in [-0.25, -0.2) is 4.98 Å². The number of aliphatic imine (C=N–C) groups is 1. The quantitative estimate of drug-likeness (QED) is 0.806. The molecule has 0 radical (unpaired) electrons. The van der Waals surface area contributed by atoms with Crippen molar-refractivity contribution in [2.45, 2.75) is 12.8 Å². The summed E-state index contributed by atoms with van der Waals surface area (Å²) in [6.07, 6.45) is 6.16. The number of hydrogen-bond donors (Lipinski definition) is 0. The molecule has 0 unspecified atom stereocenters. The highest BCUT2D eigenvalue weighted by Gasteiger charge is 2.11. The van der Waals surface area contributed by atoms with Gasteiger partial charge in [0.1, 0.15) is 0 Å². The third kappa shape index (κ3) is 3.40. The fraction of sp³-hybridized carbons (Fsp3) is 0.294. The van der Waals surface area contributed by atoms with Crippen LogP contribution >= 0.6 is 0 Å². The third-order valence-electron chi connectivity index (χ3n) is 3.66. The van der Waals surface area contributed by atoms with Crippen LogP contribution in [0.5, 0.6) is 5.88 Å². The molecule has 1 saturated heterocycles. The van der Waals surface area contributed by atoms with Gasteiger partial charge in [-0.3, -0.25) is 4.99 Å². The highest BCUT2D eigenvalue weighted by atomic mass is 16.5. The molecule has 0 aliphatic carbocycles. The molecule has 4 nitrogen and oxygen atoms in total. The second-order valence-electron chi connectivity index (χ2n) is 5.10. The molecule has 0 amide bonds. The van der Waals surface area contributed by atoms with E-state index in [1.54, 1.807) is 13.3 Å². The van der Waals surface area contributed by atoms with Crippen LogP contribution in [0.15, 0.2) is 47.6 Å². The molecule has 1 aliphatic heterocycles. The zero-order valence-electron chi connectivity index (χ0n) is 12.2. The second-order valence-corrected chi connectivity index (χ2v) is 5.10. The zero-order chi connectivity index (χ0) is 14.5. The van der Waals surface area contributed by atoms with Gasteiger partial charge in [-0.05, 0) is 36.6 Å². The molecule has 2 heterocycles. The standard InChI is InChI=1S/C17H19N3O/c1-21-17-9-6-15(13-19-17)18-12-14-4-7-16(8-5-14)20-10-2-3-11-20/h4-9,12-13H,2-3,10-11H2,1H3. The van der Waals surface area contributed by atoms with Crippen molar-refractivity contribution in [3.8, 4) is 5.88 Å². The molecule has 4 heteroatoms. The molecule has 1 fully saturated rings. The predicted molar refractivity (Wildman–Crippen MR) is 85.9 cm³/mol. The van der Waals surface area contributed by atoms with Crippen LogP contribution in [-0.4, -0.2) is 31.4 Å². The lowest BCUT2D eigenvalue weighted by molar-refractivity contribution is 0.398. The van der Waals surface area contributed by atoms with E-state index in [1.165, 1.54) is 31.6 Å². The Balaban J connectivity index is 1.67. The number of benzene rings is 1. The average molecular weight is 281 g/mol. The van der Waals surface area contributed by atoms with Crippen LogP contribution in [-0.2, 0) is 0 Å². The second kappa shape index (κ2) is 6.39. The smallest absolute Gasteiger partial charge is 0.213 e. The van der Waals surface area contributed by atoms with Crippen molar-refractivity contribution in [2.75, 3.05) is 25.1 Å². The highest BCUT2D eigenvalue weighted by molar-refractivity contribution is 5.82. The number of hydrogen-bond acceptors (Lipinski definition) is 4. The molecule has 0 bridgehead atoms. The maximum atomic E-state index is 5.03. The van der Waals surface area contributed by atoms with Gasteiger partial charge < -0.3 is 9.64 Å². The van der Waals surface area contributed by atoms with Gasteiger partial charge in [0, 0.05) is 31.1 Å². The molecule has 1 aromatic carbocycles. The van der Waals surface area contributed by atoms with Gasteiger partial charge >= 0.3 is 0 Å². The van der Waals surface area contributed by atoms with Crippen molar-refractivity contribution in [1.82, 2.24) is 4.98 Å². The van der Waals surface area contributed by atoms with E-state index in [1.807, 2.05) is 18.3 Å². The Bertz CT molecular complexity index is 599. The molecule has 108 valence electrons. The van der Waals surface area contributed by atoms with Crippen LogP contribution in [0.2, 0.25) is 0 Å². The number of nitrogens with zero attached hydrogens (tertiary/aromatic N) is 3. The first kappa shape index (κ1) is 13.6. The summed E-state index contributed by atoms with van der Waals surface area (Å²) in [7, 11) is 1.60.